The van der Waals surface area contributed by atoms with E-state index in [1.54, 1.807) is 44.4 Å². The molecule has 124 valence electrons. The van der Waals surface area contributed by atoms with E-state index in [0.29, 0.717) is 28.5 Å². The molecule has 0 saturated carbocycles. The van der Waals surface area contributed by atoms with Gasteiger partial charge >= 0.3 is 0 Å². The minimum Gasteiger partial charge on any atom is -0.497 e. The van der Waals surface area contributed by atoms with Gasteiger partial charge in [-0.25, -0.2) is 4.98 Å². The molecule has 1 aromatic heterocycles. The van der Waals surface area contributed by atoms with Crippen molar-refractivity contribution in [3.8, 4) is 5.75 Å². The average molecular weight is 343 g/mol. The summed E-state index contributed by atoms with van der Waals surface area (Å²) in [5.41, 5.74) is 1.97. The van der Waals surface area contributed by atoms with Crippen LogP contribution in [-0.2, 0) is 10.0 Å². The molecule has 0 spiro atoms. The molecule has 0 fully saturated rings. The number of nitrogens with zero attached hydrogens (tertiary/aromatic N) is 2. The van der Waals surface area contributed by atoms with E-state index in [-0.39, 0.29) is 4.91 Å². The second-order valence-corrected chi connectivity index (χ2v) is 6.93. The molecule has 0 unspecified atom stereocenters. The summed E-state index contributed by atoms with van der Waals surface area (Å²) in [6.45, 7) is 3.59. The van der Waals surface area contributed by atoms with Crippen LogP contribution in [0, 0.1) is 6.92 Å². The van der Waals surface area contributed by atoms with Gasteiger partial charge in [0.25, 0.3) is 10.0 Å². The quantitative estimate of drug-likeness (QED) is 0.926. The van der Waals surface area contributed by atoms with E-state index in [2.05, 4.69) is 14.7 Å². The van der Waals surface area contributed by atoms with Gasteiger partial charge in [0.1, 0.15) is 22.3 Å². The molecule has 0 amide bonds. The summed E-state index contributed by atoms with van der Waals surface area (Å²) in [7, 11) is -2.19. The third kappa shape index (κ3) is 3.03. The van der Waals surface area contributed by atoms with E-state index in [9.17, 15) is 8.42 Å². The first-order valence-electron chi connectivity index (χ1n) is 7.32. The largest absolute Gasteiger partial charge is 0.497 e. The monoisotopic (exact) mass is 343 g/mol. The van der Waals surface area contributed by atoms with Gasteiger partial charge in [0.15, 0.2) is 0 Å². The maximum atomic E-state index is 12.5. The summed E-state index contributed by atoms with van der Waals surface area (Å²) in [6.07, 6.45) is 0. The molecule has 1 aromatic carbocycles. The number of aryl methyl sites for hydroxylation is 1. The SMILES string of the molecule is COc1ccc(C2=C(C)C(Nc3cccc(C)n3)=NS2(=O)=O)cc1. The van der Waals surface area contributed by atoms with Crippen LogP contribution in [-0.4, -0.2) is 26.3 Å². The Bertz CT molecular complexity index is 945. The summed E-state index contributed by atoms with van der Waals surface area (Å²) in [5, 5.41) is 2.99. The molecule has 7 heteroatoms. The van der Waals surface area contributed by atoms with Crippen molar-refractivity contribution in [3.63, 3.8) is 0 Å². The lowest BCUT2D eigenvalue weighted by molar-refractivity contribution is 0.415. The molecule has 0 aliphatic carbocycles. The first-order chi connectivity index (χ1) is 11.4. The van der Waals surface area contributed by atoms with E-state index < -0.39 is 10.0 Å². The number of rotatable bonds is 3. The molecule has 24 heavy (non-hydrogen) atoms. The maximum Gasteiger partial charge on any atom is 0.285 e. The molecule has 1 aliphatic rings. The van der Waals surface area contributed by atoms with E-state index >= 15 is 0 Å². The average Bonchev–Trinajstić information content (AvgIpc) is 2.76. The molecule has 0 saturated heterocycles. The van der Waals surface area contributed by atoms with Gasteiger partial charge in [0.2, 0.25) is 0 Å². The molecule has 0 atom stereocenters. The predicted molar refractivity (Wildman–Crippen MR) is 94.5 cm³/mol. The van der Waals surface area contributed by atoms with Crippen molar-refractivity contribution in [1.29, 1.82) is 0 Å². The standard InChI is InChI=1S/C17H17N3O3S/c1-11-5-4-6-15(18-11)19-17-12(2)16(24(21,22)20-17)13-7-9-14(23-3)10-8-13/h4-10H,1-3H3,(H,18,19,20). The van der Waals surface area contributed by atoms with Gasteiger partial charge in [-0.05, 0) is 55.8 Å². The molecule has 1 N–H and O–H groups in total. The second-order valence-electron chi connectivity index (χ2n) is 5.39. The Kier molecular flexibility index (Phi) is 4.11. The van der Waals surface area contributed by atoms with Crippen molar-refractivity contribution in [2.45, 2.75) is 13.8 Å². The smallest absolute Gasteiger partial charge is 0.285 e. The Morgan fingerprint density at radius 2 is 1.75 bits per heavy atom. The molecule has 0 radical (unpaired) electrons. The van der Waals surface area contributed by atoms with Crippen LogP contribution in [0.15, 0.2) is 52.4 Å². The third-order valence-electron chi connectivity index (χ3n) is 3.65. The van der Waals surface area contributed by atoms with Crippen LogP contribution in [0.2, 0.25) is 0 Å². The van der Waals surface area contributed by atoms with Gasteiger partial charge in [0, 0.05) is 11.3 Å². The van der Waals surface area contributed by atoms with Crippen molar-refractivity contribution in [3.05, 3.63) is 59.3 Å². The highest BCUT2D eigenvalue weighted by atomic mass is 32.2. The zero-order chi connectivity index (χ0) is 17.3. The lowest BCUT2D eigenvalue weighted by Crippen LogP contribution is -2.12. The Hall–Kier alpha value is -2.67. The second kappa shape index (κ2) is 6.09. The third-order valence-corrected chi connectivity index (χ3v) is 5.13. The van der Waals surface area contributed by atoms with Gasteiger partial charge < -0.3 is 10.1 Å². The van der Waals surface area contributed by atoms with E-state index in [1.165, 1.54) is 0 Å². The van der Waals surface area contributed by atoms with Crippen LogP contribution in [0.4, 0.5) is 5.82 Å². The molecular formula is C17H17N3O3S. The van der Waals surface area contributed by atoms with Gasteiger partial charge in [0.05, 0.1) is 7.11 Å². The van der Waals surface area contributed by atoms with Crippen LogP contribution in [0.3, 0.4) is 0 Å². The highest BCUT2D eigenvalue weighted by molar-refractivity contribution is 8.00. The molecule has 2 heterocycles. The molecule has 0 bridgehead atoms. The Morgan fingerprint density at radius 1 is 1.04 bits per heavy atom. The Balaban J connectivity index is 1.99. The number of sulfonamides is 1. The van der Waals surface area contributed by atoms with Gasteiger partial charge in [-0.1, -0.05) is 6.07 Å². The van der Waals surface area contributed by atoms with Crippen LogP contribution in [0.1, 0.15) is 18.2 Å². The van der Waals surface area contributed by atoms with Crippen molar-refractivity contribution >= 4 is 26.6 Å². The number of aromatic nitrogens is 1. The molecule has 3 rings (SSSR count). The number of amidine groups is 1. The Labute approximate surface area is 141 Å². The minimum absolute atomic E-state index is 0.195. The van der Waals surface area contributed by atoms with Crippen molar-refractivity contribution in [2.24, 2.45) is 4.40 Å². The summed E-state index contributed by atoms with van der Waals surface area (Å²) < 4.78 is 33.9. The molecule has 6 nitrogen and oxygen atoms in total. The van der Waals surface area contributed by atoms with Gasteiger partial charge in [-0.15, -0.1) is 4.40 Å². The Morgan fingerprint density at radius 3 is 2.38 bits per heavy atom. The molecular weight excluding hydrogens is 326 g/mol. The number of nitrogens with one attached hydrogen (secondary N) is 1. The van der Waals surface area contributed by atoms with Crippen LogP contribution >= 0.6 is 0 Å². The number of methoxy groups -OCH3 is 1. The number of benzene rings is 1. The fourth-order valence-corrected chi connectivity index (χ4v) is 3.93. The molecule has 2 aromatic rings. The maximum absolute atomic E-state index is 12.5. The highest BCUT2D eigenvalue weighted by Crippen LogP contribution is 2.33. The summed E-state index contributed by atoms with van der Waals surface area (Å²) >= 11 is 0. The fraction of sp³-hybridized carbons (Fsp3) is 0.176. The van der Waals surface area contributed by atoms with Crippen molar-refractivity contribution < 1.29 is 13.2 Å². The number of pyridine rings is 1. The number of ether oxygens (including phenoxy) is 1. The zero-order valence-corrected chi connectivity index (χ0v) is 14.4. The summed E-state index contributed by atoms with van der Waals surface area (Å²) in [5.74, 6) is 1.51. The van der Waals surface area contributed by atoms with Crippen LogP contribution < -0.4 is 10.1 Å². The van der Waals surface area contributed by atoms with Crippen molar-refractivity contribution in [2.75, 3.05) is 12.4 Å². The van der Waals surface area contributed by atoms with Gasteiger partial charge in [-0.2, -0.15) is 8.42 Å². The number of hydrogen-bond acceptors (Lipinski definition) is 5. The van der Waals surface area contributed by atoms with Crippen LogP contribution in [0.25, 0.3) is 4.91 Å². The lowest BCUT2D eigenvalue weighted by atomic mass is 10.1. The summed E-state index contributed by atoms with van der Waals surface area (Å²) in [6, 6.07) is 12.3. The van der Waals surface area contributed by atoms with Crippen molar-refractivity contribution in [1.82, 2.24) is 4.98 Å². The van der Waals surface area contributed by atoms with E-state index in [1.807, 2.05) is 19.1 Å². The number of anilines is 1. The van der Waals surface area contributed by atoms with E-state index in [0.717, 1.165) is 5.69 Å². The van der Waals surface area contributed by atoms with Crippen LogP contribution in [0.5, 0.6) is 5.75 Å². The first kappa shape index (κ1) is 16.2. The first-order valence-corrected chi connectivity index (χ1v) is 8.76. The zero-order valence-electron chi connectivity index (χ0n) is 13.6. The summed E-state index contributed by atoms with van der Waals surface area (Å²) in [4.78, 5) is 4.51. The number of hydrogen-bond donors (Lipinski definition) is 1. The fourth-order valence-electron chi connectivity index (χ4n) is 2.49. The predicted octanol–water partition coefficient (Wildman–Crippen LogP) is 2.98. The molecule has 1 aliphatic heterocycles. The minimum atomic E-state index is -3.75. The lowest BCUT2D eigenvalue weighted by Gasteiger charge is -2.07. The van der Waals surface area contributed by atoms with E-state index in [4.69, 9.17) is 4.74 Å². The normalized spacial score (nSPS) is 16.0. The van der Waals surface area contributed by atoms with Gasteiger partial charge in [-0.3, -0.25) is 0 Å². The highest BCUT2D eigenvalue weighted by Gasteiger charge is 2.31. The topological polar surface area (TPSA) is 80.7 Å².